The van der Waals surface area contributed by atoms with Gasteiger partial charge in [0, 0.05) is 18.0 Å². The van der Waals surface area contributed by atoms with Gasteiger partial charge in [0.1, 0.15) is 12.1 Å². The Bertz CT molecular complexity index is 954. The number of primary amides is 1. The van der Waals surface area contributed by atoms with Crippen molar-refractivity contribution < 1.29 is 24.0 Å². The van der Waals surface area contributed by atoms with Crippen LogP contribution in [0.2, 0.25) is 0 Å². The number of nitrogens with one attached hydrogen (secondary N) is 3. The van der Waals surface area contributed by atoms with E-state index in [4.69, 9.17) is 5.73 Å². The molecule has 5 amide bonds. The Morgan fingerprint density at radius 1 is 0.974 bits per heavy atom. The highest BCUT2D eigenvalue weighted by atomic mass is 16.2. The van der Waals surface area contributed by atoms with Crippen molar-refractivity contribution in [2.45, 2.75) is 111 Å². The van der Waals surface area contributed by atoms with Crippen LogP contribution in [0.3, 0.4) is 0 Å². The summed E-state index contributed by atoms with van der Waals surface area (Å²) in [6.07, 6.45) is 5.77. The maximum absolute atomic E-state index is 13.9. The molecule has 10 nitrogen and oxygen atoms in total. The lowest BCUT2D eigenvalue weighted by Crippen LogP contribution is -2.61. The predicted octanol–water partition coefficient (Wildman–Crippen LogP) is 2.41. The van der Waals surface area contributed by atoms with Crippen molar-refractivity contribution in [3.05, 3.63) is 11.6 Å². The Morgan fingerprint density at radius 3 is 2.03 bits per heavy atom. The number of carbonyl (C=O) groups is 5. The van der Waals surface area contributed by atoms with Gasteiger partial charge in [-0.2, -0.15) is 0 Å². The molecule has 1 aliphatic carbocycles. The fourth-order valence-corrected chi connectivity index (χ4v) is 5.05. The maximum atomic E-state index is 13.9. The topological polar surface area (TPSA) is 151 Å². The van der Waals surface area contributed by atoms with E-state index in [0.29, 0.717) is 19.4 Å². The summed E-state index contributed by atoms with van der Waals surface area (Å²) in [7, 11) is 0. The molecule has 5 N–H and O–H groups in total. The third kappa shape index (κ3) is 8.56. The molecule has 38 heavy (non-hydrogen) atoms. The molecular weight excluding hydrogens is 486 g/mol. The lowest BCUT2D eigenvalue weighted by molar-refractivity contribution is -0.144. The van der Waals surface area contributed by atoms with Gasteiger partial charge in [-0.05, 0) is 58.8 Å². The second-order valence-corrected chi connectivity index (χ2v) is 13.1. The van der Waals surface area contributed by atoms with Crippen molar-refractivity contribution in [3.63, 3.8) is 0 Å². The van der Waals surface area contributed by atoms with Gasteiger partial charge < -0.3 is 26.6 Å². The first-order valence-corrected chi connectivity index (χ1v) is 13.6. The number of hydrogen-bond acceptors (Lipinski definition) is 5. The number of ketones is 1. The molecule has 1 heterocycles. The highest BCUT2D eigenvalue weighted by Crippen LogP contribution is 2.33. The van der Waals surface area contributed by atoms with Gasteiger partial charge in [-0.25, -0.2) is 4.79 Å². The van der Waals surface area contributed by atoms with Gasteiger partial charge in [0.05, 0.1) is 6.04 Å². The van der Waals surface area contributed by atoms with E-state index in [2.05, 4.69) is 16.0 Å². The molecule has 0 unspecified atom stereocenters. The maximum Gasteiger partial charge on any atom is 0.315 e. The Hall–Kier alpha value is -2.91. The minimum atomic E-state index is -1.09. The standard InChI is InChI=1S/C28H47N5O5/c1-16(2)14-18-12-13-33(25(37)22(27(3,4)5)31-26(38)32-28(6,7)8)20(18)24(36)30-19(21(34)23(29)35)15-17-10-9-11-17/h14,17-20,22H,9-13,15H2,1-8H3,(H2,29,35)(H,30,36)(H2,31,32,38)/t18-,19-,20+,22-/m1/s1. The quantitative estimate of drug-likeness (QED) is 0.265. The molecule has 0 radical (unpaired) electrons. The van der Waals surface area contributed by atoms with E-state index in [1.54, 1.807) is 0 Å². The summed E-state index contributed by atoms with van der Waals surface area (Å²) in [6.45, 7) is 15.3. The molecule has 0 spiro atoms. The highest BCUT2D eigenvalue weighted by molar-refractivity contribution is 6.37. The number of likely N-dealkylation sites (tertiary alicyclic amines) is 1. The monoisotopic (exact) mass is 533 g/mol. The first kappa shape index (κ1) is 31.3. The van der Waals surface area contributed by atoms with Gasteiger partial charge in [0.15, 0.2) is 0 Å². The van der Waals surface area contributed by atoms with E-state index in [1.165, 1.54) is 4.90 Å². The summed E-state index contributed by atoms with van der Waals surface area (Å²) in [5, 5.41) is 8.40. The average Bonchev–Trinajstić information content (AvgIpc) is 3.13. The van der Waals surface area contributed by atoms with E-state index in [0.717, 1.165) is 24.8 Å². The number of carbonyl (C=O) groups excluding carboxylic acids is 5. The molecule has 10 heteroatoms. The molecular formula is C28H47N5O5. The van der Waals surface area contributed by atoms with E-state index >= 15 is 0 Å². The number of hydrogen-bond donors (Lipinski definition) is 4. The highest BCUT2D eigenvalue weighted by Gasteiger charge is 2.46. The predicted molar refractivity (Wildman–Crippen MR) is 146 cm³/mol. The summed E-state index contributed by atoms with van der Waals surface area (Å²) in [6, 6.07) is -3.29. The molecule has 2 fully saturated rings. The molecule has 1 saturated heterocycles. The minimum absolute atomic E-state index is 0.245. The van der Waals surface area contributed by atoms with Crippen LogP contribution in [-0.2, 0) is 19.2 Å². The van der Waals surface area contributed by atoms with Gasteiger partial charge in [0.25, 0.3) is 5.91 Å². The zero-order chi connectivity index (χ0) is 29.0. The SMILES string of the molecule is CC(C)=C[C@H]1CCN(C(=O)[C@@H](NC(=O)NC(C)(C)C)C(C)(C)C)[C@@H]1C(=O)N[C@H](CC1CCC1)C(=O)C(N)=O. The van der Waals surface area contributed by atoms with Crippen LogP contribution in [0.15, 0.2) is 11.6 Å². The minimum Gasteiger partial charge on any atom is -0.363 e. The van der Waals surface area contributed by atoms with Crippen molar-refractivity contribution in [1.29, 1.82) is 0 Å². The molecule has 0 bridgehead atoms. The van der Waals surface area contributed by atoms with Crippen LogP contribution in [0, 0.1) is 17.3 Å². The summed E-state index contributed by atoms with van der Waals surface area (Å²) in [4.78, 5) is 66.2. The van der Waals surface area contributed by atoms with Gasteiger partial charge in [0.2, 0.25) is 17.6 Å². The molecule has 214 valence electrons. The van der Waals surface area contributed by atoms with Crippen LogP contribution in [-0.4, -0.2) is 64.6 Å². The van der Waals surface area contributed by atoms with Crippen LogP contribution in [0.25, 0.3) is 0 Å². The van der Waals surface area contributed by atoms with Crippen molar-refractivity contribution >= 4 is 29.5 Å². The van der Waals surface area contributed by atoms with Crippen LogP contribution in [0.1, 0.15) is 87.5 Å². The van der Waals surface area contributed by atoms with E-state index in [-0.39, 0.29) is 17.7 Å². The third-order valence-electron chi connectivity index (χ3n) is 7.09. The van der Waals surface area contributed by atoms with E-state index in [1.807, 2.05) is 61.5 Å². The summed E-state index contributed by atoms with van der Waals surface area (Å²) in [5.41, 5.74) is 5.14. The Labute approximate surface area is 226 Å². The van der Waals surface area contributed by atoms with Crippen LogP contribution in [0.4, 0.5) is 4.79 Å². The molecule has 0 aromatic rings. The van der Waals surface area contributed by atoms with E-state index in [9.17, 15) is 24.0 Å². The zero-order valence-electron chi connectivity index (χ0n) is 24.3. The van der Waals surface area contributed by atoms with Crippen LogP contribution >= 0.6 is 0 Å². The smallest absolute Gasteiger partial charge is 0.315 e. The second-order valence-electron chi connectivity index (χ2n) is 13.1. The summed E-state index contributed by atoms with van der Waals surface area (Å²) >= 11 is 0. The first-order valence-electron chi connectivity index (χ1n) is 13.6. The van der Waals surface area contributed by atoms with Crippen molar-refractivity contribution in [2.24, 2.45) is 23.0 Å². The first-order chi connectivity index (χ1) is 17.4. The summed E-state index contributed by atoms with van der Waals surface area (Å²) in [5.74, 6) is -2.81. The number of allylic oxidation sites excluding steroid dienone is 1. The van der Waals surface area contributed by atoms with Crippen LogP contribution < -0.4 is 21.7 Å². The molecule has 1 aliphatic heterocycles. The molecule has 0 aromatic heterocycles. The second kappa shape index (κ2) is 12.3. The van der Waals surface area contributed by atoms with Crippen molar-refractivity contribution in [3.8, 4) is 0 Å². The number of urea groups is 1. The van der Waals surface area contributed by atoms with Gasteiger partial charge >= 0.3 is 6.03 Å². The largest absolute Gasteiger partial charge is 0.363 e. The van der Waals surface area contributed by atoms with E-state index < -0.39 is 52.7 Å². The lowest BCUT2D eigenvalue weighted by Gasteiger charge is -2.37. The average molecular weight is 534 g/mol. The molecule has 1 saturated carbocycles. The van der Waals surface area contributed by atoms with Gasteiger partial charge in [-0.1, -0.05) is 51.7 Å². The number of nitrogens with two attached hydrogens (primary N) is 1. The fraction of sp³-hybridized carbons (Fsp3) is 0.750. The Morgan fingerprint density at radius 2 is 1.58 bits per heavy atom. The number of rotatable bonds is 9. The van der Waals surface area contributed by atoms with Crippen molar-refractivity contribution in [2.75, 3.05) is 6.54 Å². The van der Waals surface area contributed by atoms with Crippen molar-refractivity contribution in [1.82, 2.24) is 20.9 Å². The molecule has 2 aliphatic rings. The van der Waals surface area contributed by atoms with Gasteiger partial charge in [-0.15, -0.1) is 0 Å². The van der Waals surface area contributed by atoms with Gasteiger partial charge in [-0.3, -0.25) is 19.2 Å². The normalized spacial score (nSPS) is 21.5. The molecule has 0 aromatic carbocycles. The molecule has 2 rings (SSSR count). The number of amides is 5. The Kier molecular flexibility index (Phi) is 10.1. The lowest BCUT2D eigenvalue weighted by atomic mass is 9.80. The Balaban J connectivity index is 2.36. The van der Waals surface area contributed by atoms with Crippen LogP contribution in [0.5, 0.6) is 0 Å². The number of nitrogens with zero attached hydrogens (tertiary/aromatic N) is 1. The number of Topliss-reactive ketones (excluding diaryl/α,β-unsaturated/α-hetero) is 1. The third-order valence-corrected chi connectivity index (χ3v) is 7.09. The fourth-order valence-electron chi connectivity index (χ4n) is 5.05. The zero-order valence-corrected chi connectivity index (χ0v) is 24.3. The summed E-state index contributed by atoms with van der Waals surface area (Å²) < 4.78 is 0. The molecule has 4 atom stereocenters.